The van der Waals surface area contributed by atoms with Gasteiger partial charge in [0.1, 0.15) is 5.52 Å². The SMILES string of the molecule is Nc1cc2cc[n+]([O-])nc2cc1N. The van der Waals surface area contributed by atoms with Crippen LogP contribution in [0.1, 0.15) is 0 Å². The average Bonchev–Trinajstić information content (AvgIpc) is 2.08. The number of fused-ring (bicyclic) bond motifs is 1. The molecule has 0 aliphatic rings. The topological polar surface area (TPSA) is 91.9 Å². The van der Waals surface area contributed by atoms with Crippen LogP contribution in [-0.4, -0.2) is 5.10 Å². The Morgan fingerprint density at radius 1 is 1.23 bits per heavy atom. The highest BCUT2D eigenvalue weighted by molar-refractivity contribution is 5.87. The minimum atomic E-state index is 0.436. The van der Waals surface area contributed by atoms with Gasteiger partial charge in [-0.05, 0) is 12.1 Å². The molecule has 2 rings (SSSR count). The van der Waals surface area contributed by atoms with Gasteiger partial charge in [-0.15, -0.1) is 0 Å². The van der Waals surface area contributed by atoms with Crippen LogP contribution in [0.2, 0.25) is 0 Å². The van der Waals surface area contributed by atoms with Gasteiger partial charge in [0.2, 0.25) is 6.20 Å². The van der Waals surface area contributed by atoms with Gasteiger partial charge in [-0.2, -0.15) is 0 Å². The molecule has 0 bridgehead atoms. The largest absolute Gasteiger partial charge is 0.594 e. The Hall–Kier alpha value is -2.04. The normalized spacial score (nSPS) is 10.5. The molecule has 0 aliphatic carbocycles. The smallest absolute Gasteiger partial charge is 0.210 e. The summed E-state index contributed by atoms with van der Waals surface area (Å²) in [5.74, 6) is 0. The van der Waals surface area contributed by atoms with E-state index in [1.54, 1.807) is 18.2 Å². The molecule has 0 saturated heterocycles. The van der Waals surface area contributed by atoms with E-state index in [1.807, 2.05) is 0 Å². The van der Waals surface area contributed by atoms with Crippen molar-refractivity contribution >= 4 is 22.3 Å². The summed E-state index contributed by atoms with van der Waals surface area (Å²) in [7, 11) is 0. The number of nitrogens with zero attached hydrogens (tertiary/aromatic N) is 2. The molecule has 0 amide bonds. The lowest BCUT2D eigenvalue weighted by molar-refractivity contribution is -0.666. The zero-order chi connectivity index (χ0) is 9.42. The molecule has 13 heavy (non-hydrogen) atoms. The second kappa shape index (κ2) is 2.48. The molecule has 0 radical (unpaired) electrons. The lowest BCUT2D eigenvalue weighted by Gasteiger charge is -2.01. The molecule has 0 fully saturated rings. The molecule has 0 spiro atoms. The lowest BCUT2D eigenvalue weighted by Crippen LogP contribution is -2.29. The van der Waals surface area contributed by atoms with Crippen LogP contribution in [0.4, 0.5) is 11.4 Å². The van der Waals surface area contributed by atoms with Gasteiger partial charge in [0.25, 0.3) is 0 Å². The standard InChI is InChI=1S/C8H8N4O/c9-6-3-5-1-2-12(13)11-8(5)4-7(6)10/h1-4H,9-10H2. The van der Waals surface area contributed by atoms with Crippen LogP contribution in [0.3, 0.4) is 0 Å². The van der Waals surface area contributed by atoms with E-state index in [0.717, 1.165) is 5.39 Å². The number of rotatable bonds is 0. The first-order valence-corrected chi connectivity index (χ1v) is 3.72. The van der Waals surface area contributed by atoms with E-state index in [1.165, 1.54) is 6.20 Å². The number of nitrogen functional groups attached to an aromatic ring is 2. The number of benzene rings is 1. The molecular weight excluding hydrogens is 168 g/mol. The summed E-state index contributed by atoms with van der Waals surface area (Å²) in [6.07, 6.45) is 1.32. The minimum absolute atomic E-state index is 0.436. The second-order valence-corrected chi connectivity index (χ2v) is 2.76. The molecule has 5 heteroatoms. The summed E-state index contributed by atoms with van der Waals surface area (Å²) in [6.45, 7) is 0. The van der Waals surface area contributed by atoms with Crippen molar-refractivity contribution in [3.05, 3.63) is 29.6 Å². The molecule has 1 aromatic carbocycles. The summed E-state index contributed by atoms with van der Waals surface area (Å²) >= 11 is 0. The van der Waals surface area contributed by atoms with Gasteiger partial charge in [-0.25, -0.2) is 0 Å². The first-order valence-electron chi connectivity index (χ1n) is 3.72. The van der Waals surface area contributed by atoms with Crippen molar-refractivity contribution in [2.45, 2.75) is 0 Å². The first kappa shape index (κ1) is 7.60. The Morgan fingerprint density at radius 3 is 2.69 bits per heavy atom. The lowest BCUT2D eigenvalue weighted by atomic mass is 10.2. The Morgan fingerprint density at radius 2 is 1.92 bits per heavy atom. The van der Waals surface area contributed by atoms with E-state index in [0.29, 0.717) is 21.7 Å². The molecule has 1 heterocycles. The van der Waals surface area contributed by atoms with Gasteiger partial charge >= 0.3 is 0 Å². The van der Waals surface area contributed by atoms with Crippen molar-refractivity contribution in [3.63, 3.8) is 0 Å². The fourth-order valence-electron chi connectivity index (χ4n) is 1.14. The van der Waals surface area contributed by atoms with Gasteiger partial charge in [0.05, 0.1) is 11.4 Å². The molecule has 66 valence electrons. The Bertz CT molecular complexity index is 469. The van der Waals surface area contributed by atoms with Crippen LogP contribution in [0.5, 0.6) is 0 Å². The van der Waals surface area contributed by atoms with Crippen molar-refractivity contribution < 1.29 is 4.85 Å². The first-order chi connectivity index (χ1) is 6.16. The van der Waals surface area contributed by atoms with Crippen LogP contribution in [0.15, 0.2) is 24.4 Å². The Labute approximate surface area is 74.2 Å². The van der Waals surface area contributed by atoms with Crippen molar-refractivity contribution in [3.8, 4) is 0 Å². The maximum absolute atomic E-state index is 10.8. The molecular formula is C8H8N4O. The molecule has 2 aromatic rings. The fourth-order valence-corrected chi connectivity index (χ4v) is 1.14. The maximum atomic E-state index is 10.8. The van der Waals surface area contributed by atoms with Gasteiger partial charge in [0.15, 0.2) is 0 Å². The molecule has 4 N–H and O–H groups in total. The van der Waals surface area contributed by atoms with Crippen molar-refractivity contribution in [2.75, 3.05) is 11.5 Å². The highest BCUT2D eigenvalue weighted by Gasteiger charge is 2.02. The summed E-state index contributed by atoms with van der Waals surface area (Å²) in [5, 5.41) is 15.3. The van der Waals surface area contributed by atoms with Crippen molar-refractivity contribution in [1.29, 1.82) is 0 Å². The quantitative estimate of drug-likeness (QED) is 0.336. The molecule has 0 aliphatic heterocycles. The monoisotopic (exact) mass is 176 g/mol. The van der Waals surface area contributed by atoms with E-state index in [-0.39, 0.29) is 0 Å². The summed E-state index contributed by atoms with van der Waals surface area (Å²) in [6, 6.07) is 4.92. The van der Waals surface area contributed by atoms with Crippen LogP contribution in [0, 0.1) is 5.21 Å². The van der Waals surface area contributed by atoms with Gasteiger partial charge in [-0.3, -0.25) is 0 Å². The van der Waals surface area contributed by atoms with Crippen LogP contribution >= 0.6 is 0 Å². The van der Waals surface area contributed by atoms with E-state index in [9.17, 15) is 5.21 Å². The summed E-state index contributed by atoms with van der Waals surface area (Å²) in [5.41, 5.74) is 12.6. The zero-order valence-electron chi connectivity index (χ0n) is 6.77. The van der Waals surface area contributed by atoms with E-state index in [2.05, 4.69) is 5.10 Å². The third-order valence-electron chi connectivity index (χ3n) is 1.82. The number of hydrogen-bond donors (Lipinski definition) is 2. The predicted molar refractivity (Wildman–Crippen MR) is 49.5 cm³/mol. The van der Waals surface area contributed by atoms with Gasteiger partial charge in [0, 0.05) is 16.6 Å². The molecule has 0 atom stereocenters. The van der Waals surface area contributed by atoms with Crippen LogP contribution in [-0.2, 0) is 0 Å². The molecule has 0 saturated carbocycles. The summed E-state index contributed by atoms with van der Waals surface area (Å²) in [4.78, 5) is 0.484. The summed E-state index contributed by atoms with van der Waals surface area (Å²) < 4.78 is 0. The predicted octanol–water partition coefficient (Wildman–Crippen LogP) is 0.0326. The number of anilines is 2. The highest BCUT2D eigenvalue weighted by Crippen LogP contribution is 2.20. The van der Waals surface area contributed by atoms with E-state index < -0.39 is 0 Å². The third-order valence-corrected chi connectivity index (χ3v) is 1.82. The maximum Gasteiger partial charge on any atom is 0.210 e. The number of hydrogen-bond acceptors (Lipinski definition) is 4. The molecule has 5 nitrogen and oxygen atoms in total. The second-order valence-electron chi connectivity index (χ2n) is 2.76. The number of nitrogens with two attached hydrogens (primary N) is 2. The Kier molecular flexibility index (Phi) is 1.45. The van der Waals surface area contributed by atoms with E-state index >= 15 is 0 Å². The van der Waals surface area contributed by atoms with Gasteiger partial charge < -0.3 is 16.7 Å². The van der Waals surface area contributed by atoms with E-state index in [4.69, 9.17) is 11.5 Å². The Balaban J connectivity index is 2.81. The average molecular weight is 176 g/mol. The van der Waals surface area contributed by atoms with Crippen molar-refractivity contribution in [1.82, 2.24) is 5.10 Å². The molecule has 0 unspecified atom stereocenters. The fraction of sp³-hybridized carbons (Fsp3) is 0. The molecule has 1 aromatic heterocycles. The third kappa shape index (κ3) is 1.20. The number of aromatic nitrogens is 2. The van der Waals surface area contributed by atoms with Crippen LogP contribution in [0.25, 0.3) is 10.9 Å². The van der Waals surface area contributed by atoms with Crippen LogP contribution < -0.4 is 16.3 Å². The van der Waals surface area contributed by atoms with Crippen molar-refractivity contribution in [2.24, 2.45) is 0 Å². The van der Waals surface area contributed by atoms with Gasteiger partial charge in [-0.1, -0.05) is 4.85 Å². The highest BCUT2D eigenvalue weighted by atomic mass is 16.5. The zero-order valence-corrected chi connectivity index (χ0v) is 6.77. The minimum Gasteiger partial charge on any atom is -0.594 e.